The third kappa shape index (κ3) is 6.06. The number of amides is 3. The Morgan fingerprint density at radius 3 is 2.73 bits per heavy atom. The molecule has 1 aliphatic rings. The van der Waals surface area contributed by atoms with Crippen LogP contribution in [0.4, 0.5) is 14.9 Å². The van der Waals surface area contributed by atoms with Gasteiger partial charge in [0.15, 0.2) is 0 Å². The molecule has 1 fully saturated rings. The number of rotatable bonds is 8. The van der Waals surface area contributed by atoms with Gasteiger partial charge in [-0.15, -0.1) is 0 Å². The van der Waals surface area contributed by atoms with E-state index in [0.29, 0.717) is 31.1 Å². The Labute approximate surface area is 175 Å². The van der Waals surface area contributed by atoms with E-state index in [1.807, 2.05) is 19.9 Å². The molecule has 0 aliphatic carbocycles. The molecule has 162 valence electrons. The van der Waals surface area contributed by atoms with Crippen molar-refractivity contribution in [2.45, 2.75) is 45.4 Å². The lowest BCUT2D eigenvalue weighted by atomic mass is 10.2. The van der Waals surface area contributed by atoms with Crippen LogP contribution in [0.15, 0.2) is 47.1 Å². The van der Waals surface area contributed by atoms with Gasteiger partial charge in [-0.2, -0.15) is 0 Å². The van der Waals surface area contributed by atoms with Crippen LogP contribution >= 0.6 is 0 Å². The number of halogens is 1. The highest BCUT2D eigenvalue weighted by atomic mass is 19.1. The zero-order valence-corrected chi connectivity index (χ0v) is 17.3. The fourth-order valence-electron chi connectivity index (χ4n) is 3.38. The lowest BCUT2D eigenvalue weighted by Gasteiger charge is -2.30. The van der Waals surface area contributed by atoms with Gasteiger partial charge in [-0.1, -0.05) is 6.07 Å². The van der Waals surface area contributed by atoms with Crippen molar-refractivity contribution in [1.82, 2.24) is 9.80 Å². The number of carbonyl (C=O) groups is 2. The zero-order valence-electron chi connectivity index (χ0n) is 17.3. The van der Waals surface area contributed by atoms with Crippen molar-refractivity contribution in [3.05, 3.63) is 54.2 Å². The molecule has 1 saturated heterocycles. The summed E-state index contributed by atoms with van der Waals surface area (Å²) in [6, 6.07) is 8.55. The molecule has 3 amide bonds. The van der Waals surface area contributed by atoms with Crippen molar-refractivity contribution in [3.63, 3.8) is 0 Å². The fourth-order valence-corrected chi connectivity index (χ4v) is 3.38. The average molecular weight is 417 g/mol. The van der Waals surface area contributed by atoms with E-state index in [2.05, 4.69) is 5.32 Å². The first-order valence-corrected chi connectivity index (χ1v) is 10.2. The number of benzene rings is 1. The van der Waals surface area contributed by atoms with Crippen molar-refractivity contribution in [2.75, 3.05) is 25.0 Å². The molecule has 1 atom stereocenters. The minimum Gasteiger partial charge on any atom is -0.467 e. The van der Waals surface area contributed by atoms with Gasteiger partial charge in [0.2, 0.25) is 5.91 Å². The van der Waals surface area contributed by atoms with Crippen LogP contribution in [0.3, 0.4) is 0 Å². The van der Waals surface area contributed by atoms with Crippen molar-refractivity contribution in [2.24, 2.45) is 0 Å². The summed E-state index contributed by atoms with van der Waals surface area (Å²) < 4.78 is 24.5. The predicted molar refractivity (Wildman–Crippen MR) is 110 cm³/mol. The van der Waals surface area contributed by atoms with E-state index in [1.54, 1.807) is 23.3 Å². The molecule has 1 aromatic heterocycles. The van der Waals surface area contributed by atoms with E-state index >= 15 is 0 Å². The molecule has 0 saturated carbocycles. The Kier molecular flexibility index (Phi) is 7.46. The smallest absolute Gasteiger partial charge is 0.322 e. The van der Waals surface area contributed by atoms with Gasteiger partial charge in [-0.3, -0.25) is 4.79 Å². The number of hydrogen-bond acceptors (Lipinski definition) is 4. The van der Waals surface area contributed by atoms with Crippen LogP contribution in [0.5, 0.6) is 0 Å². The number of nitrogens with zero attached hydrogens (tertiary/aromatic N) is 2. The van der Waals surface area contributed by atoms with Crippen LogP contribution in [0.25, 0.3) is 0 Å². The monoisotopic (exact) mass is 417 g/mol. The van der Waals surface area contributed by atoms with E-state index < -0.39 is 11.8 Å². The molecule has 8 heteroatoms. The number of hydrogen-bond donors (Lipinski definition) is 1. The zero-order chi connectivity index (χ0) is 21.5. The SMILES string of the molecule is CC(C)N(CC(=O)N(Cc1ccco1)C[C@@H]1CCCO1)C(=O)Nc1cccc(F)c1. The minimum absolute atomic E-state index is 0.0162. The fraction of sp³-hybridized carbons (Fsp3) is 0.455. The molecule has 30 heavy (non-hydrogen) atoms. The van der Waals surface area contributed by atoms with E-state index in [0.717, 1.165) is 12.8 Å². The molecule has 2 heterocycles. The summed E-state index contributed by atoms with van der Waals surface area (Å²) in [5.74, 6) is 0.0211. The van der Waals surface area contributed by atoms with E-state index in [-0.39, 0.29) is 24.6 Å². The first-order chi connectivity index (χ1) is 14.4. The first-order valence-electron chi connectivity index (χ1n) is 10.2. The Hall–Kier alpha value is -2.87. The maximum absolute atomic E-state index is 13.4. The highest BCUT2D eigenvalue weighted by Gasteiger charge is 2.27. The number of urea groups is 1. The molecular formula is C22H28FN3O4. The van der Waals surface area contributed by atoms with Crippen molar-refractivity contribution >= 4 is 17.6 Å². The summed E-state index contributed by atoms with van der Waals surface area (Å²) >= 11 is 0. The van der Waals surface area contributed by atoms with Gasteiger partial charge in [0.1, 0.15) is 18.1 Å². The highest BCUT2D eigenvalue weighted by Crippen LogP contribution is 2.17. The second kappa shape index (κ2) is 10.2. The average Bonchev–Trinajstić information content (AvgIpc) is 3.39. The largest absolute Gasteiger partial charge is 0.467 e. The van der Waals surface area contributed by atoms with Crippen LogP contribution in [-0.4, -0.2) is 53.6 Å². The van der Waals surface area contributed by atoms with Crippen LogP contribution < -0.4 is 5.32 Å². The van der Waals surface area contributed by atoms with Gasteiger partial charge >= 0.3 is 6.03 Å². The predicted octanol–water partition coefficient (Wildman–Crippen LogP) is 3.87. The van der Waals surface area contributed by atoms with Gasteiger partial charge in [0.05, 0.1) is 18.9 Å². The summed E-state index contributed by atoms with van der Waals surface area (Å²) in [4.78, 5) is 29.0. The molecule has 1 N–H and O–H groups in total. The summed E-state index contributed by atoms with van der Waals surface area (Å²) in [5, 5.41) is 2.66. The summed E-state index contributed by atoms with van der Waals surface area (Å²) in [5.41, 5.74) is 0.338. The lowest BCUT2D eigenvalue weighted by molar-refractivity contribution is -0.134. The van der Waals surface area contributed by atoms with Gasteiger partial charge < -0.3 is 24.3 Å². The molecule has 0 unspecified atom stereocenters. The van der Waals surface area contributed by atoms with Gasteiger partial charge in [-0.25, -0.2) is 9.18 Å². The molecular weight excluding hydrogens is 389 g/mol. The molecule has 0 bridgehead atoms. The normalized spacial score (nSPS) is 15.9. The molecule has 3 rings (SSSR count). The van der Waals surface area contributed by atoms with Crippen LogP contribution in [0.2, 0.25) is 0 Å². The maximum atomic E-state index is 13.4. The van der Waals surface area contributed by atoms with Gasteiger partial charge in [0.25, 0.3) is 0 Å². The molecule has 0 spiro atoms. The summed E-state index contributed by atoms with van der Waals surface area (Å²) in [6.45, 7) is 5.00. The third-order valence-electron chi connectivity index (χ3n) is 4.99. The Morgan fingerprint density at radius 1 is 1.27 bits per heavy atom. The van der Waals surface area contributed by atoms with E-state index in [1.165, 1.54) is 23.1 Å². The maximum Gasteiger partial charge on any atom is 0.322 e. The molecule has 0 radical (unpaired) electrons. The topological polar surface area (TPSA) is 75.0 Å². The minimum atomic E-state index is -0.459. The lowest BCUT2D eigenvalue weighted by Crippen LogP contribution is -2.48. The number of ether oxygens (including phenoxy) is 1. The van der Waals surface area contributed by atoms with Crippen molar-refractivity contribution < 1.29 is 23.1 Å². The standard InChI is InChI=1S/C22H28FN3O4/c1-16(2)26(22(28)24-18-7-3-6-17(23)12-18)15-21(27)25(13-19-8-4-10-29-19)14-20-9-5-11-30-20/h3-4,6-8,10,12,16,20H,5,9,11,13-15H2,1-2H3,(H,24,28)/t20-/m0/s1. The summed E-state index contributed by atoms with van der Waals surface area (Å²) in [6.07, 6.45) is 3.42. The van der Waals surface area contributed by atoms with Gasteiger partial charge in [0, 0.05) is 24.9 Å². The first kappa shape index (κ1) is 21.8. The molecule has 2 aromatic rings. The Morgan fingerprint density at radius 2 is 2.10 bits per heavy atom. The second-order valence-electron chi connectivity index (χ2n) is 7.65. The quantitative estimate of drug-likeness (QED) is 0.708. The van der Waals surface area contributed by atoms with Crippen molar-refractivity contribution in [1.29, 1.82) is 0 Å². The van der Waals surface area contributed by atoms with Gasteiger partial charge in [-0.05, 0) is 57.0 Å². The Balaban J connectivity index is 1.68. The number of anilines is 1. The number of carbonyl (C=O) groups excluding carboxylic acids is 2. The van der Waals surface area contributed by atoms with E-state index in [4.69, 9.17) is 9.15 Å². The summed E-state index contributed by atoms with van der Waals surface area (Å²) in [7, 11) is 0. The highest BCUT2D eigenvalue weighted by molar-refractivity contribution is 5.92. The molecule has 1 aromatic carbocycles. The molecule has 1 aliphatic heterocycles. The Bertz CT molecular complexity index is 835. The van der Waals surface area contributed by atoms with Crippen LogP contribution in [-0.2, 0) is 16.1 Å². The van der Waals surface area contributed by atoms with Crippen LogP contribution in [0.1, 0.15) is 32.4 Å². The number of furan rings is 1. The van der Waals surface area contributed by atoms with E-state index in [9.17, 15) is 14.0 Å². The van der Waals surface area contributed by atoms with Crippen molar-refractivity contribution in [3.8, 4) is 0 Å². The number of nitrogens with one attached hydrogen (secondary N) is 1. The second-order valence-corrected chi connectivity index (χ2v) is 7.65. The van der Waals surface area contributed by atoms with Crippen LogP contribution in [0, 0.1) is 5.82 Å². The third-order valence-corrected chi connectivity index (χ3v) is 4.99. The molecule has 7 nitrogen and oxygen atoms in total.